The zero-order valence-electron chi connectivity index (χ0n) is 12.5. The maximum atomic E-state index is 11.5. The van der Waals surface area contributed by atoms with Gasteiger partial charge in [0.2, 0.25) is 10.0 Å². The van der Waals surface area contributed by atoms with Gasteiger partial charge in [-0.3, -0.25) is 0 Å². The van der Waals surface area contributed by atoms with E-state index in [4.69, 9.17) is 0 Å². The predicted octanol–water partition coefficient (Wildman–Crippen LogP) is 0.128. The Morgan fingerprint density at radius 3 is 2.67 bits per heavy atom. The lowest BCUT2D eigenvalue weighted by molar-refractivity contribution is 0.287. The number of sulfonamides is 1. The van der Waals surface area contributed by atoms with Crippen LogP contribution in [0.1, 0.15) is 37.3 Å². The van der Waals surface area contributed by atoms with Crippen LogP contribution in [0.15, 0.2) is 0 Å². The molecule has 0 bridgehead atoms. The Balaban J connectivity index is 1.52. The minimum atomic E-state index is -3.04. The zero-order valence-corrected chi connectivity index (χ0v) is 13.3. The number of aryl methyl sites for hydroxylation is 1. The van der Waals surface area contributed by atoms with Crippen LogP contribution in [0.3, 0.4) is 0 Å². The first-order valence-electron chi connectivity index (χ1n) is 7.63. The topological polar surface area (TPSA) is 80.1 Å². The molecule has 7 nitrogen and oxygen atoms in total. The molecular formula is C13H23N5O2S. The number of nitrogens with one attached hydrogen (secondary N) is 1. The second kappa shape index (κ2) is 6.02. The number of fused-ring (bicyclic) bond motifs is 1. The number of rotatable bonds is 4. The molecule has 0 aromatic carbocycles. The maximum absolute atomic E-state index is 11.5. The van der Waals surface area contributed by atoms with Crippen LogP contribution < -0.4 is 5.32 Å². The molecule has 0 atom stereocenters. The summed E-state index contributed by atoms with van der Waals surface area (Å²) in [6.45, 7) is 2.95. The van der Waals surface area contributed by atoms with Crippen LogP contribution in [0, 0.1) is 0 Å². The summed E-state index contributed by atoms with van der Waals surface area (Å²) in [5.74, 6) is 2.11. The molecule has 8 heteroatoms. The van der Waals surface area contributed by atoms with Crippen molar-refractivity contribution in [3.05, 3.63) is 11.6 Å². The Morgan fingerprint density at radius 2 is 1.95 bits per heavy atom. The molecule has 118 valence electrons. The van der Waals surface area contributed by atoms with Crippen LogP contribution in [0.5, 0.6) is 0 Å². The maximum Gasteiger partial charge on any atom is 0.211 e. The molecule has 1 fully saturated rings. The molecule has 21 heavy (non-hydrogen) atoms. The third kappa shape index (κ3) is 3.44. The lowest BCUT2D eigenvalue weighted by Gasteiger charge is -2.30. The van der Waals surface area contributed by atoms with E-state index in [0.29, 0.717) is 19.1 Å². The molecule has 0 radical (unpaired) electrons. The molecule has 1 aromatic heterocycles. The van der Waals surface area contributed by atoms with E-state index in [1.165, 1.54) is 19.1 Å². The Kier molecular flexibility index (Phi) is 4.28. The predicted molar refractivity (Wildman–Crippen MR) is 79.2 cm³/mol. The van der Waals surface area contributed by atoms with Crippen LogP contribution in [-0.4, -0.2) is 52.9 Å². The van der Waals surface area contributed by atoms with Gasteiger partial charge >= 0.3 is 0 Å². The first kappa shape index (κ1) is 14.9. The third-order valence-corrected chi connectivity index (χ3v) is 5.71. The van der Waals surface area contributed by atoms with Crippen molar-refractivity contribution in [3.63, 3.8) is 0 Å². The van der Waals surface area contributed by atoms with E-state index in [-0.39, 0.29) is 0 Å². The smallest absolute Gasteiger partial charge is 0.211 e. The van der Waals surface area contributed by atoms with Gasteiger partial charge in [-0.15, -0.1) is 10.2 Å². The molecule has 3 heterocycles. The lowest BCUT2D eigenvalue weighted by Crippen LogP contribution is -2.44. The Hall–Kier alpha value is -0.990. The van der Waals surface area contributed by atoms with Crippen molar-refractivity contribution >= 4 is 10.0 Å². The molecule has 0 aliphatic carbocycles. The highest BCUT2D eigenvalue weighted by Gasteiger charge is 2.25. The van der Waals surface area contributed by atoms with Gasteiger partial charge in [-0.1, -0.05) is 0 Å². The van der Waals surface area contributed by atoms with Gasteiger partial charge in [0, 0.05) is 32.1 Å². The molecule has 0 unspecified atom stereocenters. The minimum Gasteiger partial charge on any atom is -0.314 e. The van der Waals surface area contributed by atoms with Crippen molar-refractivity contribution in [1.29, 1.82) is 0 Å². The highest BCUT2D eigenvalue weighted by Crippen LogP contribution is 2.16. The van der Waals surface area contributed by atoms with Crippen molar-refractivity contribution in [2.45, 2.75) is 51.2 Å². The van der Waals surface area contributed by atoms with Crippen molar-refractivity contribution in [1.82, 2.24) is 24.4 Å². The van der Waals surface area contributed by atoms with E-state index in [9.17, 15) is 8.42 Å². The summed E-state index contributed by atoms with van der Waals surface area (Å²) >= 11 is 0. The van der Waals surface area contributed by atoms with Gasteiger partial charge in [0.15, 0.2) is 0 Å². The first-order chi connectivity index (χ1) is 10.0. The zero-order chi connectivity index (χ0) is 14.9. The van der Waals surface area contributed by atoms with E-state index >= 15 is 0 Å². The number of nitrogens with zero attached hydrogens (tertiary/aromatic N) is 4. The number of aromatic nitrogens is 3. The van der Waals surface area contributed by atoms with E-state index in [0.717, 1.165) is 44.0 Å². The fourth-order valence-corrected chi connectivity index (χ4v) is 4.00. The van der Waals surface area contributed by atoms with Crippen molar-refractivity contribution in [2.24, 2.45) is 0 Å². The van der Waals surface area contributed by atoms with Gasteiger partial charge in [0.1, 0.15) is 11.6 Å². The van der Waals surface area contributed by atoms with Crippen molar-refractivity contribution < 1.29 is 8.42 Å². The van der Waals surface area contributed by atoms with Gasteiger partial charge < -0.3 is 9.88 Å². The van der Waals surface area contributed by atoms with Crippen LogP contribution in [-0.2, 0) is 29.5 Å². The summed E-state index contributed by atoms with van der Waals surface area (Å²) in [7, 11) is -3.04. The molecule has 1 N–H and O–H groups in total. The highest BCUT2D eigenvalue weighted by atomic mass is 32.2. The van der Waals surface area contributed by atoms with Crippen LogP contribution in [0.4, 0.5) is 0 Å². The van der Waals surface area contributed by atoms with Crippen molar-refractivity contribution in [3.8, 4) is 0 Å². The fourth-order valence-electron chi connectivity index (χ4n) is 3.13. The summed E-state index contributed by atoms with van der Waals surface area (Å²) in [5.41, 5.74) is 0. The van der Waals surface area contributed by atoms with Crippen LogP contribution >= 0.6 is 0 Å². The first-order valence-corrected chi connectivity index (χ1v) is 9.48. The number of hydrogen-bond donors (Lipinski definition) is 1. The van der Waals surface area contributed by atoms with Crippen LogP contribution in [0.2, 0.25) is 0 Å². The molecular weight excluding hydrogens is 290 g/mol. The lowest BCUT2D eigenvalue weighted by atomic mass is 10.1. The van der Waals surface area contributed by atoms with Crippen LogP contribution in [0.25, 0.3) is 0 Å². The minimum absolute atomic E-state index is 0.361. The standard InChI is InChI=1S/C13H23N5O2S/c1-21(19,20)17-8-5-11(6-9-17)14-10-13-16-15-12-4-2-3-7-18(12)13/h11,14H,2-10H2,1H3. The van der Waals surface area contributed by atoms with E-state index in [1.54, 1.807) is 4.31 Å². The third-order valence-electron chi connectivity index (χ3n) is 4.41. The summed E-state index contributed by atoms with van der Waals surface area (Å²) in [6.07, 6.45) is 6.42. The monoisotopic (exact) mass is 313 g/mol. The molecule has 1 saturated heterocycles. The highest BCUT2D eigenvalue weighted by molar-refractivity contribution is 7.88. The number of hydrogen-bond acceptors (Lipinski definition) is 5. The normalized spacial score (nSPS) is 21.4. The van der Waals surface area contributed by atoms with Gasteiger partial charge in [0.05, 0.1) is 12.8 Å². The quantitative estimate of drug-likeness (QED) is 0.854. The Morgan fingerprint density at radius 1 is 1.19 bits per heavy atom. The molecule has 1 aromatic rings. The largest absolute Gasteiger partial charge is 0.314 e. The van der Waals surface area contributed by atoms with Gasteiger partial charge in [-0.25, -0.2) is 12.7 Å². The SMILES string of the molecule is CS(=O)(=O)N1CCC(NCc2nnc3n2CCCC3)CC1. The summed E-state index contributed by atoms with van der Waals surface area (Å²) in [5, 5.41) is 12.0. The van der Waals surface area contributed by atoms with Gasteiger partial charge in [0.25, 0.3) is 0 Å². The average molecular weight is 313 g/mol. The Bertz CT molecular complexity index is 590. The summed E-state index contributed by atoms with van der Waals surface area (Å²) in [4.78, 5) is 0. The molecule has 0 saturated carbocycles. The molecule has 3 rings (SSSR count). The average Bonchev–Trinajstić information content (AvgIpc) is 2.88. The van der Waals surface area contributed by atoms with Gasteiger partial charge in [-0.05, 0) is 25.7 Å². The van der Waals surface area contributed by atoms with E-state index in [2.05, 4.69) is 20.1 Å². The Labute approximate surface area is 125 Å². The molecule has 0 spiro atoms. The van der Waals surface area contributed by atoms with Gasteiger partial charge in [-0.2, -0.15) is 0 Å². The van der Waals surface area contributed by atoms with Crippen molar-refractivity contribution in [2.75, 3.05) is 19.3 Å². The molecule has 0 amide bonds. The fraction of sp³-hybridized carbons (Fsp3) is 0.846. The summed E-state index contributed by atoms with van der Waals surface area (Å²) < 4.78 is 26.7. The molecule has 2 aliphatic heterocycles. The summed E-state index contributed by atoms with van der Waals surface area (Å²) in [6, 6.07) is 0.361. The van der Waals surface area contributed by atoms with E-state index in [1.807, 2.05) is 0 Å². The van der Waals surface area contributed by atoms with E-state index < -0.39 is 10.0 Å². The number of piperidine rings is 1. The molecule has 2 aliphatic rings. The second-order valence-electron chi connectivity index (χ2n) is 5.96. The second-order valence-corrected chi connectivity index (χ2v) is 7.94.